The number of sulfonamides is 1. The van der Waals surface area contributed by atoms with Crippen LogP contribution in [0.2, 0.25) is 0 Å². The van der Waals surface area contributed by atoms with Gasteiger partial charge >= 0.3 is 0 Å². The average Bonchev–Trinajstić information content (AvgIpc) is 2.39. The molecule has 1 fully saturated rings. The fourth-order valence-corrected chi connectivity index (χ4v) is 4.02. The molecule has 1 aromatic rings. The van der Waals surface area contributed by atoms with Crippen LogP contribution in [-0.2, 0) is 22.3 Å². The number of benzene rings is 1. The number of hydrogen-bond donors (Lipinski definition) is 2. The molecular weight excluding hydrogens is 264 g/mol. The van der Waals surface area contributed by atoms with Crippen LogP contribution in [0.3, 0.4) is 0 Å². The molecule has 1 aliphatic heterocycles. The first-order valence-corrected chi connectivity index (χ1v) is 8.06. The van der Waals surface area contributed by atoms with Gasteiger partial charge in [-0.05, 0) is 24.0 Å². The molecule has 5 nitrogen and oxygen atoms in total. The second-order valence-electron chi connectivity index (χ2n) is 4.88. The number of rotatable bonds is 4. The van der Waals surface area contributed by atoms with E-state index < -0.39 is 16.1 Å². The lowest BCUT2D eigenvalue weighted by atomic mass is 10.1. The Morgan fingerprint density at radius 2 is 2.00 bits per heavy atom. The summed E-state index contributed by atoms with van der Waals surface area (Å²) in [6.45, 7) is 1.02. The van der Waals surface area contributed by atoms with Crippen LogP contribution in [0, 0.1) is 0 Å². The maximum absolute atomic E-state index is 12.3. The molecule has 6 heteroatoms. The molecule has 2 rings (SSSR count). The van der Waals surface area contributed by atoms with E-state index in [1.54, 1.807) is 6.07 Å². The highest BCUT2D eigenvalue weighted by molar-refractivity contribution is 7.88. The molecule has 0 amide bonds. The highest BCUT2D eigenvalue weighted by atomic mass is 32.2. The number of aliphatic hydroxyl groups is 1. The molecule has 3 N–H and O–H groups in total. The molecule has 1 heterocycles. The molecule has 0 radical (unpaired) electrons. The predicted molar refractivity (Wildman–Crippen MR) is 73.8 cm³/mol. The third kappa shape index (κ3) is 3.54. The zero-order chi connectivity index (χ0) is 13.9. The van der Waals surface area contributed by atoms with E-state index in [4.69, 9.17) is 5.73 Å². The molecule has 106 valence electrons. The van der Waals surface area contributed by atoms with Gasteiger partial charge in [0.15, 0.2) is 0 Å². The molecule has 1 saturated heterocycles. The van der Waals surface area contributed by atoms with Crippen LogP contribution in [0.5, 0.6) is 0 Å². The summed E-state index contributed by atoms with van der Waals surface area (Å²) in [5, 5.41) is 9.58. The second kappa shape index (κ2) is 6.00. The number of nitrogens with zero attached hydrogens (tertiary/aromatic N) is 1. The zero-order valence-corrected chi connectivity index (χ0v) is 11.6. The van der Waals surface area contributed by atoms with Crippen molar-refractivity contribution < 1.29 is 13.5 Å². The Bertz CT molecular complexity index is 530. The van der Waals surface area contributed by atoms with Crippen molar-refractivity contribution in [1.82, 2.24) is 4.31 Å². The molecule has 1 aliphatic rings. The summed E-state index contributed by atoms with van der Waals surface area (Å²) >= 11 is 0. The van der Waals surface area contributed by atoms with Gasteiger partial charge in [-0.25, -0.2) is 8.42 Å². The quantitative estimate of drug-likeness (QED) is 0.840. The van der Waals surface area contributed by atoms with Crippen molar-refractivity contribution in [3.05, 3.63) is 35.4 Å². The standard InChI is InChI=1S/C13H20N2O3S/c14-8-11-4-1-2-5-12(11)10-19(17,18)15-7-3-6-13(16)9-15/h1-2,4-5,13,16H,3,6-10,14H2. The van der Waals surface area contributed by atoms with Gasteiger partial charge in [-0.2, -0.15) is 4.31 Å². The van der Waals surface area contributed by atoms with Gasteiger partial charge in [-0.15, -0.1) is 0 Å². The first-order valence-electron chi connectivity index (χ1n) is 6.45. The molecule has 0 aliphatic carbocycles. The first-order chi connectivity index (χ1) is 9.03. The average molecular weight is 284 g/mol. The van der Waals surface area contributed by atoms with Gasteiger partial charge in [0.1, 0.15) is 0 Å². The van der Waals surface area contributed by atoms with Gasteiger partial charge < -0.3 is 10.8 Å². The molecule has 1 aromatic carbocycles. The van der Waals surface area contributed by atoms with Crippen LogP contribution >= 0.6 is 0 Å². The topological polar surface area (TPSA) is 83.6 Å². The monoisotopic (exact) mass is 284 g/mol. The summed E-state index contributed by atoms with van der Waals surface area (Å²) in [4.78, 5) is 0. The van der Waals surface area contributed by atoms with Crippen LogP contribution in [-0.4, -0.2) is 37.0 Å². The van der Waals surface area contributed by atoms with E-state index in [2.05, 4.69) is 0 Å². The fourth-order valence-electron chi connectivity index (χ4n) is 2.36. The largest absolute Gasteiger partial charge is 0.392 e. The van der Waals surface area contributed by atoms with Crippen LogP contribution in [0.15, 0.2) is 24.3 Å². The number of aliphatic hydroxyl groups excluding tert-OH is 1. The minimum Gasteiger partial charge on any atom is -0.392 e. The van der Waals surface area contributed by atoms with Gasteiger partial charge in [0.25, 0.3) is 0 Å². The Balaban J connectivity index is 2.16. The van der Waals surface area contributed by atoms with Gasteiger partial charge in [0, 0.05) is 19.6 Å². The number of piperidine rings is 1. The Hall–Kier alpha value is -0.950. The zero-order valence-electron chi connectivity index (χ0n) is 10.8. The van der Waals surface area contributed by atoms with Crippen LogP contribution in [0.4, 0.5) is 0 Å². The van der Waals surface area contributed by atoms with Crippen molar-refractivity contribution in [2.45, 2.75) is 31.2 Å². The lowest BCUT2D eigenvalue weighted by Gasteiger charge is -2.29. The van der Waals surface area contributed by atoms with Crippen molar-refractivity contribution >= 4 is 10.0 Å². The smallest absolute Gasteiger partial charge is 0.218 e. The lowest BCUT2D eigenvalue weighted by Crippen LogP contribution is -2.42. The third-order valence-corrected chi connectivity index (χ3v) is 5.22. The molecule has 0 saturated carbocycles. The summed E-state index contributed by atoms with van der Waals surface area (Å²) in [7, 11) is -3.38. The van der Waals surface area contributed by atoms with Crippen LogP contribution in [0.1, 0.15) is 24.0 Å². The number of hydrogen-bond acceptors (Lipinski definition) is 4. The summed E-state index contributed by atoms with van der Waals surface area (Å²) in [5.41, 5.74) is 7.21. The maximum atomic E-state index is 12.3. The van der Waals surface area contributed by atoms with Crippen molar-refractivity contribution in [2.24, 2.45) is 5.73 Å². The van der Waals surface area contributed by atoms with Crippen LogP contribution in [0.25, 0.3) is 0 Å². The molecule has 0 spiro atoms. The van der Waals surface area contributed by atoms with E-state index in [1.807, 2.05) is 18.2 Å². The summed E-state index contributed by atoms with van der Waals surface area (Å²) < 4.78 is 26.1. The molecular formula is C13H20N2O3S. The van der Waals surface area contributed by atoms with E-state index in [0.29, 0.717) is 25.9 Å². The highest BCUT2D eigenvalue weighted by Crippen LogP contribution is 2.19. The summed E-state index contributed by atoms with van der Waals surface area (Å²) in [6.07, 6.45) is 0.831. The highest BCUT2D eigenvalue weighted by Gasteiger charge is 2.28. The van der Waals surface area contributed by atoms with Crippen molar-refractivity contribution in [3.8, 4) is 0 Å². The summed E-state index contributed by atoms with van der Waals surface area (Å²) in [5.74, 6) is -0.0485. The van der Waals surface area contributed by atoms with Gasteiger partial charge in [0.2, 0.25) is 10.0 Å². The van der Waals surface area contributed by atoms with E-state index in [0.717, 1.165) is 11.1 Å². The van der Waals surface area contributed by atoms with E-state index in [1.165, 1.54) is 4.31 Å². The minimum absolute atomic E-state index is 0.0485. The van der Waals surface area contributed by atoms with Gasteiger partial charge in [-0.1, -0.05) is 24.3 Å². The predicted octanol–water partition coefficient (Wildman–Crippen LogP) is 0.432. The minimum atomic E-state index is -3.38. The van der Waals surface area contributed by atoms with Crippen molar-refractivity contribution in [1.29, 1.82) is 0 Å². The van der Waals surface area contributed by atoms with Gasteiger partial charge in [-0.3, -0.25) is 0 Å². The fraction of sp³-hybridized carbons (Fsp3) is 0.538. The number of nitrogens with two attached hydrogens (primary N) is 1. The van der Waals surface area contributed by atoms with E-state index >= 15 is 0 Å². The maximum Gasteiger partial charge on any atom is 0.218 e. The first kappa shape index (κ1) is 14.5. The lowest BCUT2D eigenvalue weighted by molar-refractivity contribution is 0.108. The Morgan fingerprint density at radius 1 is 1.32 bits per heavy atom. The second-order valence-corrected chi connectivity index (χ2v) is 6.85. The number of β-amino-alcohol motifs (C(OH)–C–C–N with tert-alkyl or cyclic N) is 1. The third-order valence-electron chi connectivity index (χ3n) is 3.43. The van der Waals surface area contributed by atoms with Crippen molar-refractivity contribution in [3.63, 3.8) is 0 Å². The van der Waals surface area contributed by atoms with Gasteiger partial charge in [0.05, 0.1) is 11.9 Å². The Kier molecular flexibility index (Phi) is 4.57. The summed E-state index contributed by atoms with van der Waals surface area (Å²) in [6, 6.07) is 7.30. The Labute approximate surface area is 114 Å². The Morgan fingerprint density at radius 3 is 2.63 bits per heavy atom. The molecule has 19 heavy (non-hydrogen) atoms. The van der Waals surface area contributed by atoms with Crippen LogP contribution < -0.4 is 5.73 Å². The van der Waals surface area contributed by atoms with Crippen molar-refractivity contribution in [2.75, 3.05) is 13.1 Å². The SMILES string of the molecule is NCc1ccccc1CS(=O)(=O)N1CCCC(O)C1. The molecule has 0 bridgehead atoms. The molecule has 1 atom stereocenters. The van der Waals surface area contributed by atoms with E-state index in [9.17, 15) is 13.5 Å². The van der Waals surface area contributed by atoms with E-state index in [-0.39, 0.29) is 12.3 Å². The normalized spacial score (nSPS) is 21.5. The molecule has 0 aromatic heterocycles. The molecule has 1 unspecified atom stereocenters.